The fourth-order valence-electron chi connectivity index (χ4n) is 2.93. The number of aryl methyl sites for hydroxylation is 1. The van der Waals surface area contributed by atoms with Gasteiger partial charge in [-0.25, -0.2) is 0 Å². The molecule has 2 aromatic carbocycles. The van der Waals surface area contributed by atoms with E-state index in [1.165, 1.54) is 11.3 Å². The second-order valence-corrected chi connectivity index (χ2v) is 6.53. The van der Waals surface area contributed by atoms with Gasteiger partial charge in [-0.05, 0) is 56.2 Å². The number of nitrogens with one attached hydrogen (secondary N) is 1. The van der Waals surface area contributed by atoms with Crippen LogP contribution in [0.1, 0.15) is 18.4 Å². The van der Waals surface area contributed by atoms with Crippen LogP contribution in [0.4, 0.5) is 11.4 Å². The SMILES string of the molecule is Cc1ccc(N2CCC(C(=O)Nc3ccc(Cl)cc3)CC2)cc1. The molecule has 1 N–H and O–H groups in total. The molecule has 0 atom stereocenters. The Balaban J connectivity index is 1.54. The zero-order valence-electron chi connectivity index (χ0n) is 13.3. The third kappa shape index (κ3) is 4.05. The summed E-state index contributed by atoms with van der Waals surface area (Å²) in [5.41, 5.74) is 3.32. The van der Waals surface area contributed by atoms with Crippen molar-refractivity contribution in [1.82, 2.24) is 0 Å². The second kappa shape index (κ2) is 7.05. The van der Waals surface area contributed by atoms with E-state index in [-0.39, 0.29) is 11.8 Å². The maximum absolute atomic E-state index is 12.4. The molecule has 0 aliphatic carbocycles. The molecule has 0 bridgehead atoms. The van der Waals surface area contributed by atoms with Gasteiger partial charge >= 0.3 is 0 Å². The Morgan fingerprint density at radius 2 is 1.65 bits per heavy atom. The molecule has 1 amide bonds. The molecule has 23 heavy (non-hydrogen) atoms. The Morgan fingerprint density at radius 1 is 1.04 bits per heavy atom. The van der Waals surface area contributed by atoms with Gasteiger partial charge in [-0.2, -0.15) is 0 Å². The average molecular weight is 329 g/mol. The van der Waals surface area contributed by atoms with Crippen LogP contribution in [0.2, 0.25) is 5.02 Å². The Morgan fingerprint density at radius 3 is 2.26 bits per heavy atom. The predicted octanol–water partition coefficient (Wildman–Crippen LogP) is 4.50. The maximum atomic E-state index is 12.4. The predicted molar refractivity (Wildman–Crippen MR) is 96.2 cm³/mol. The number of amides is 1. The van der Waals surface area contributed by atoms with Crippen molar-refractivity contribution in [3.63, 3.8) is 0 Å². The number of halogens is 1. The van der Waals surface area contributed by atoms with E-state index < -0.39 is 0 Å². The number of nitrogens with zero attached hydrogens (tertiary/aromatic N) is 1. The van der Waals surface area contributed by atoms with Gasteiger partial charge in [0.1, 0.15) is 0 Å². The van der Waals surface area contributed by atoms with Crippen LogP contribution in [-0.4, -0.2) is 19.0 Å². The van der Waals surface area contributed by atoms with Crippen molar-refractivity contribution in [2.75, 3.05) is 23.3 Å². The lowest BCUT2D eigenvalue weighted by Gasteiger charge is -2.33. The number of rotatable bonds is 3. The van der Waals surface area contributed by atoms with Gasteiger partial charge in [0, 0.05) is 35.4 Å². The van der Waals surface area contributed by atoms with Gasteiger partial charge in [0.15, 0.2) is 0 Å². The molecule has 3 nitrogen and oxygen atoms in total. The van der Waals surface area contributed by atoms with Crippen LogP contribution < -0.4 is 10.2 Å². The number of benzene rings is 2. The van der Waals surface area contributed by atoms with E-state index in [0.29, 0.717) is 5.02 Å². The normalized spacial score (nSPS) is 15.5. The van der Waals surface area contributed by atoms with Crippen molar-refractivity contribution >= 4 is 28.9 Å². The standard InChI is InChI=1S/C19H21ClN2O/c1-14-2-8-18(9-3-14)22-12-10-15(11-13-22)19(23)21-17-6-4-16(20)5-7-17/h2-9,15H,10-13H2,1H3,(H,21,23). The van der Waals surface area contributed by atoms with Crippen molar-refractivity contribution in [1.29, 1.82) is 0 Å². The lowest BCUT2D eigenvalue weighted by molar-refractivity contribution is -0.120. The molecular weight excluding hydrogens is 308 g/mol. The molecule has 1 heterocycles. The minimum absolute atomic E-state index is 0.0763. The number of piperidine rings is 1. The fraction of sp³-hybridized carbons (Fsp3) is 0.316. The highest BCUT2D eigenvalue weighted by atomic mass is 35.5. The molecular formula is C19H21ClN2O. The Hall–Kier alpha value is -2.00. The third-order valence-corrected chi connectivity index (χ3v) is 4.63. The average Bonchev–Trinajstić information content (AvgIpc) is 2.58. The highest BCUT2D eigenvalue weighted by Crippen LogP contribution is 2.25. The Kier molecular flexibility index (Phi) is 4.87. The fourth-order valence-corrected chi connectivity index (χ4v) is 3.06. The van der Waals surface area contributed by atoms with Crippen LogP contribution in [0, 0.1) is 12.8 Å². The second-order valence-electron chi connectivity index (χ2n) is 6.09. The highest BCUT2D eigenvalue weighted by molar-refractivity contribution is 6.30. The molecule has 0 saturated carbocycles. The van der Waals surface area contributed by atoms with Crippen molar-refractivity contribution in [3.05, 3.63) is 59.1 Å². The van der Waals surface area contributed by atoms with Crippen molar-refractivity contribution in [2.24, 2.45) is 5.92 Å². The van der Waals surface area contributed by atoms with Crippen molar-refractivity contribution in [3.8, 4) is 0 Å². The van der Waals surface area contributed by atoms with Crippen LogP contribution >= 0.6 is 11.6 Å². The summed E-state index contributed by atoms with van der Waals surface area (Å²) in [7, 11) is 0. The largest absolute Gasteiger partial charge is 0.371 e. The molecule has 0 spiro atoms. The topological polar surface area (TPSA) is 32.3 Å². The molecule has 1 fully saturated rings. The molecule has 0 aromatic heterocycles. The number of carbonyl (C=O) groups excluding carboxylic acids is 1. The van der Waals surface area contributed by atoms with Crippen LogP contribution in [0.25, 0.3) is 0 Å². The first-order valence-electron chi connectivity index (χ1n) is 8.00. The third-order valence-electron chi connectivity index (χ3n) is 4.38. The molecule has 1 aliphatic rings. The summed E-state index contributed by atoms with van der Waals surface area (Å²) < 4.78 is 0. The van der Waals surface area contributed by atoms with Crippen LogP contribution in [-0.2, 0) is 4.79 Å². The summed E-state index contributed by atoms with van der Waals surface area (Å²) in [4.78, 5) is 14.7. The van der Waals surface area contributed by atoms with Gasteiger partial charge in [0.05, 0.1) is 0 Å². The minimum Gasteiger partial charge on any atom is -0.371 e. The summed E-state index contributed by atoms with van der Waals surface area (Å²) in [6, 6.07) is 15.8. The maximum Gasteiger partial charge on any atom is 0.227 e. The smallest absolute Gasteiger partial charge is 0.227 e. The number of carbonyl (C=O) groups is 1. The first-order valence-corrected chi connectivity index (χ1v) is 8.38. The number of hydrogen-bond donors (Lipinski definition) is 1. The summed E-state index contributed by atoms with van der Waals surface area (Å²) in [6.45, 7) is 3.93. The van der Waals surface area contributed by atoms with E-state index in [0.717, 1.165) is 31.6 Å². The lowest BCUT2D eigenvalue weighted by atomic mass is 9.95. The van der Waals surface area contributed by atoms with Gasteiger partial charge in [-0.15, -0.1) is 0 Å². The minimum atomic E-state index is 0.0763. The van der Waals surface area contributed by atoms with Gasteiger partial charge in [0.25, 0.3) is 0 Å². The molecule has 1 aliphatic heterocycles. The van der Waals surface area contributed by atoms with E-state index in [4.69, 9.17) is 11.6 Å². The Bertz CT molecular complexity index is 659. The quantitative estimate of drug-likeness (QED) is 0.899. The zero-order valence-corrected chi connectivity index (χ0v) is 14.0. The summed E-state index contributed by atoms with van der Waals surface area (Å²) >= 11 is 5.86. The van der Waals surface area contributed by atoms with E-state index in [1.54, 1.807) is 12.1 Å². The molecule has 0 unspecified atom stereocenters. The van der Waals surface area contributed by atoms with Gasteiger partial charge in [0.2, 0.25) is 5.91 Å². The molecule has 1 saturated heterocycles. The van der Waals surface area contributed by atoms with E-state index in [2.05, 4.69) is 41.4 Å². The molecule has 3 rings (SSSR count). The molecule has 4 heteroatoms. The van der Waals surface area contributed by atoms with E-state index >= 15 is 0 Å². The van der Waals surface area contributed by atoms with Crippen LogP contribution in [0.15, 0.2) is 48.5 Å². The summed E-state index contributed by atoms with van der Waals surface area (Å²) in [6.07, 6.45) is 1.76. The van der Waals surface area contributed by atoms with E-state index in [9.17, 15) is 4.79 Å². The van der Waals surface area contributed by atoms with Gasteiger partial charge in [-0.1, -0.05) is 29.3 Å². The molecule has 120 valence electrons. The Labute approximate surface area is 142 Å². The zero-order chi connectivity index (χ0) is 16.2. The first kappa shape index (κ1) is 15.9. The highest BCUT2D eigenvalue weighted by Gasteiger charge is 2.25. The first-order chi connectivity index (χ1) is 11.1. The monoisotopic (exact) mass is 328 g/mol. The summed E-state index contributed by atoms with van der Waals surface area (Å²) in [5.74, 6) is 0.184. The van der Waals surface area contributed by atoms with E-state index in [1.807, 2.05) is 12.1 Å². The number of hydrogen-bond acceptors (Lipinski definition) is 2. The molecule has 0 radical (unpaired) electrons. The summed E-state index contributed by atoms with van der Waals surface area (Å²) in [5, 5.41) is 3.66. The van der Waals surface area contributed by atoms with Crippen LogP contribution in [0.5, 0.6) is 0 Å². The van der Waals surface area contributed by atoms with Crippen molar-refractivity contribution < 1.29 is 4.79 Å². The lowest BCUT2D eigenvalue weighted by Crippen LogP contribution is -2.38. The molecule has 2 aromatic rings. The van der Waals surface area contributed by atoms with Gasteiger partial charge in [-0.3, -0.25) is 4.79 Å². The number of anilines is 2. The van der Waals surface area contributed by atoms with Crippen LogP contribution in [0.3, 0.4) is 0 Å². The van der Waals surface area contributed by atoms with Gasteiger partial charge < -0.3 is 10.2 Å². The van der Waals surface area contributed by atoms with Crippen molar-refractivity contribution in [2.45, 2.75) is 19.8 Å².